The Kier molecular flexibility index (Phi) is 7.17. The van der Waals surface area contributed by atoms with Crippen LogP contribution in [-0.4, -0.2) is 33.6 Å². The molecule has 4 aromatic rings. The van der Waals surface area contributed by atoms with Crippen molar-refractivity contribution in [2.45, 2.75) is 25.6 Å². The van der Waals surface area contributed by atoms with Gasteiger partial charge in [0.25, 0.3) is 5.91 Å². The van der Waals surface area contributed by atoms with Crippen molar-refractivity contribution in [2.75, 3.05) is 17.2 Å². The average molecular weight is 543 g/mol. The fourth-order valence-electron chi connectivity index (χ4n) is 4.59. The van der Waals surface area contributed by atoms with Gasteiger partial charge < -0.3 is 10.6 Å². The van der Waals surface area contributed by atoms with Gasteiger partial charge in [-0.15, -0.1) is 0 Å². The van der Waals surface area contributed by atoms with E-state index in [-0.39, 0.29) is 16.9 Å². The normalized spacial score (nSPS) is 16.2. The summed E-state index contributed by atoms with van der Waals surface area (Å²) in [6, 6.07) is 14.2. The minimum absolute atomic E-state index is 0.0297. The Balaban J connectivity index is 1.50. The highest BCUT2D eigenvalue weighted by Crippen LogP contribution is 2.39. The minimum atomic E-state index is -4.58. The summed E-state index contributed by atoms with van der Waals surface area (Å²) in [5.74, 6) is -0.148. The number of pyridine rings is 1. The summed E-state index contributed by atoms with van der Waals surface area (Å²) < 4.78 is 40.9. The number of amides is 1. The molecule has 2 N–H and O–H groups in total. The van der Waals surface area contributed by atoms with E-state index < -0.39 is 23.2 Å². The van der Waals surface area contributed by atoms with Crippen molar-refractivity contribution in [3.63, 3.8) is 0 Å². The second kappa shape index (κ2) is 10.7. The van der Waals surface area contributed by atoms with Crippen molar-refractivity contribution in [1.29, 1.82) is 0 Å². The number of carbonyl (C=O) groups excluding carboxylic acids is 1. The summed E-state index contributed by atoms with van der Waals surface area (Å²) in [4.78, 5) is 31.4. The van der Waals surface area contributed by atoms with Gasteiger partial charge in [0.15, 0.2) is 11.4 Å². The fraction of sp³-hybridized carbons (Fsp3) is 0.167. The van der Waals surface area contributed by atoms with Crippen molar-refractivity contribution < 1.29 is 18.0 Å². The minimum Gasteiger partial charge on any atom is -0.385 e. The molecule has 7 nitrogen and oxygen atoms in total. The first-order chi connectivity index (χ1) is 19.2. The summed E-state index contributed by atoms with van der Waals surface area (Å²) in [6.07, 6.45) is 5.74. The number of allylic oxidation sites excluding steroid dienone is 1. The number of aromatic nitrogens is 3. The van der Waals surface area contributed by atoms with Gasteiger partial charge in [-0.3, -0.25) is 14.8 Å². The van der Waals surface area contributed by atoms with Crippen LogP contribution in [-0.2, 0) is 11.7 Å². The van der Waals surface area contributed by atoms with Gasteiger partial charge in [0.05, 0.1) is 11.3 Å². The molecule has 0 aliphatic carbocycles. The first kappa shape index (κ1) is 26.7. The number of anilines is 2. The maximum Gasteiger partial charge on any atom is 0.418 e. The molecule has 202 valence electrons. The predicted molar refractivity (Wildman–Crippen MR) is 148 cm³/mol. The topological polar surface area (TPSA) is 92.2 Å². The molecule has 1 aliphatic rings. The molecule has 10 heteroatoms. The quantitative estimate of drug-likeness (QED) is 0.281. The molecule has 0 fully saturated rings. The van der Waals surface area contributed by atoms with Crippen LogP contribution in [0.3, 0.4) is 0 Å². The molecule has 3 heterocycles. The molecule has 1 aliphatic heterocycles. The third-order valence-corrected chi connectivity index (χ3v) is 6.52. The lowest BCUT2D eigenvalue weighted by atomic mass is 9.85. The zero-order valence-corrected chi connectivity index (χ0v) is 21.7. The standard InChI is InChI=1S/C30H25F3N6O/c1-3-35-26-10-9-22(17-24(26)30(31,32)33)38-27(40)20-8-7-19(2)23(16-20)29(12-5-14-37-29)28-36-15-11-25(39-28)21-6-4-13-34-18-21/h4-18,35H,3H2,1-2H3,(H,38,40). The molecule has 2 aromatic heterocycles. The number of hydrogen-bond acceptors (Lipinski definition) is 6. The molecule has 40 heavy (non-hydrogen) atoms. The highest BCUT2D eigenvalue weighted by Gasteiger charge is 2.38. The molecule has 0 saturated carbocycles. The average Bonchev–Trinajstić information content (AvgIpc) is 3.45. The third-order valence-electron chi connectivity index (χ3n) is 6.52. The van der Waals surface area contributed by atoms with E-state index in [0.29, 0.717) is 23.6 Å². The number of benzene rings is 2. The van der Waals surface area contributed by atoms with E-state index in [1.54, 1.807) is 62.1 Å². The van der Waals surface area contributed by atoms with Crippen LogP contribution in [0.25, 0.3) is 11.3 Å². The summed E-state index contributed by atoms with van der Waals surface area (Å²) >= 11 is 0. The van der Waals surface area contributed by atoms with Gasteiger partial charge >= 0.3 is 6.18 Å². The lowest BCUT2D eigenvalue weighted by Crippen LogP contribution is -2.26. The van der Waals surface area contributed by atoms with Gasteiger partial charge in [-0.05, 0) is 85.7 Å². The molecule has 5 rings (SSSR count). The highest BCUT2D eigenvalue weighted by molar-refractivity contribution is 6.04. The number of alkyl halides is 3. The summed E-state index contributed by atoms with van der Waals surface area (Å²) in [5, 5.41) is 5.30. The van der Waals surface area contributed by atoms with Crippen molar-refractivity contribution >= 4 is 23.5 Å². The smallest absolute Gasteiger partial charge is 0.385 e. The van der Waals surface area contributed by atoms with Gasteiger partial charge in [-0.2, -0.15) is 13.2 Å². The van der Waals surface area contributed by atoms with Gasteiger partial charge in [0, 0.05) is 53.9 Å². The zero-order valence-electron chi connectivity index (χ0n) is 21.7. The van der Waals surface area contributed by atoms with E-state index in [9.17, 15) is 18.0 Å². The molecule has 0 spiro atoms. The van der Waals surface area contributed by atoms with Crippen LogP contribution in [0.4, 0.5) is 24.5 Å². The van der Waals surface area contributed by atoms with Crippen molar-refractivity contribution in [1.82, 2.24) is 15.0 Å². The zero-order chi connectivity index (χ0) is 28.3. The third kappa shape index (κ3) is 5.20. The number of halogens is 3. The van der Waals surface area contributed by atoms with Crippen molar-refractivity contribution in [3.8, 4) is 11.3 Å². The maximum atomic E-state index is 13.6. The monoisotopic (exact) mass is 542 g/mol. The molecular weight excluding hydrogens is 517 g/mol. The van der Waals surface area contributed by atoms with E-state index >= 15 is 0 Å². The molecule has 0 bridgehead atoms. The van der Waals surface area contributed by atoms with E-state index in [2.05, 4.69) is 20.6 Å². The predicted octanol–water partition coefficient (Wildman–Crippen LogP) is 6.43. The van der Waals surface area contributed by atoms with Crippen LogP contribution in [0.1, 0.15) is 39.8 Å². The summed E-state index contributed by atoms with van der Waals surface area (Å²) in [5.41, 5.74) is 1.28. The van der Waals surface area contributed by atoms with Crippen molar-refractivity contribution in [3.05, 3.63) is 113 Å². The number of nitrogens with one attached hydrogen (secondary N) is 2. The lowest BCUT2D eigenvalue weighted by molar-refractivity contribution is -0.136. The van der Waals surface area contributed by atoms with E-state index in [1.807, 2.05) is 25.1 Å². The molecule has 2 aromatic carbocycles. The molecule has 0 saturated heterocycles. The van der Waals surface area contributed by atoms with Crippen LogP contribution in [0.2, 0.25) is 0 Å². The number of nitrogens with zero attached hydrogens (tertiary/aromatic N) is 4. The van der Waals surface area contributed by atoms with Crippen LogP contribution in [0, 0.1) is 6.92 Å². The maximum absolute atomic E-state index is 13.6. The second-order valence-electron chi connectivity index (χ2n) is 9.18. The van der Waals surface area contributed by atoms with Gasteiger partial charge in [0.2, 0.25) is 0 Å². The number of hydrogen-bond donors (Lipinski definition) is 2. The molecular formula is C30H25F3N6O. The molecule has 1 atom stereocenters. The van der Waals surface area contributed by atoms with Gasteiger partial charge in [-0.25, -0.2) is 9.97 Å². The van der Waals surface area contributed by atoms with E-state index in [1.165, 1.54) is 12.1 Å². The highest BCUT2D eigenvalue weighted by atomic mass is 19.4. The first-order valence-electron chi connectivity index (χ1n) is 12.6. The van der Waals surface area contributed by atoms with Crippen LogP contribution >= 0.6 is 0 Å². The van der Waals surface area contributed by atoms with Crippen LogP contribution < -0.4 is 10.6 Å². The van der Waals surface area contributed by atoms with Gasteiger partial charge in [-0.1, -0.05) is 6.07 Å². The summed E-state index contributed by atoms with van der Waals surface area (Å²) in [6.45, 7) is 3.93. The molecule has 0 radical (unpaired) electrons. The number of aryl methyl sites for hydroxylation is 1. The Hall–Kier alpha value is -4.86. The van der Waals surface area contributed by atoms with E-state index in [4.69, 9.17) is 9.98 Å². The second-order valence-corrected chi connectivity index (χ2v) is 9.18. The Morgan fingerprint density at radius 1 is 1.05 bits per heavy atom. The number of rotatable bonds is 7. The summed E-state index contributed by atoms with van der Waals surface area (Å²) in [7, 11) is 0. The van der Waals surface area contributed by atoms with Gasteiger partial charge in [0.1, 0.15) is 0 Å². The Labute approximate surface area is 229 Å². The van der Waals surface area contributed by atoms with Crippen LogP contribution in [0.15, 0.2) is 90.3 Å². The van der Waals surface area contributed by atoms with Crippen LogP contribution in [0.5, 0.6) is 0 Å². The number of carbonyl (C=O) groups is 1. The SMILES string of the molecule is CCNc1ccc(NC(=O)c2ccc(C)c(C3(c4nccc(-c5cccnc5)n4)C=CC=N3)c2)cc1C(F)(F)F. The van der Waals surface area contributed by atoms with Crippen molar-refractivity contribution in [2.24, 2.45) is 4.99 Å². The Bertz CT molecular complexity index is 1600. The Morgan fingerprint density at radius 2 is 1.90 bits per heavy atom. The van der Waals surface area contributed by atoms with E-state index in [0.717, 1.165) is 17.2 Å². The first-order valence-corrected chi connectivity index (χ1v) is 12.6. The largest absolute Gasteiger partial charge is 0.418 e. The lowest BCUT2D eigenvalue weighted by Gasteiger charge is -2.26. The Morgan fingerprint density at radius 3 is 2.60 bits per heavy atom. The number of aliphatic imine (C=N–C) groups is 1. The fourth-order valence-corrected chi connectivity index (χ4v) is 4.59. The molecule has 1 unspecified atom stereocenters. The molecule has 1 amide bonds.